The molecule has 1 fully saturated rings. The van der Waals surface area contributed by atoms with Crippen molar-refractivity contribution in [1.29, 1.82) is 0 Å². The second-order valence-corrected chi connectivity index (χ2v) is 8.16. The zero-order chi connectivity index (χ0) is 19.3. The lowest BCUT2D eigenvalue weighted by Gasteiger charge is -2.28. The first-order chi connectivity index (χ1) is 13.7. The van der Waals surface area contributed by atoms with Crippen LogP contribution in [0.5, 0.6) is 0 Å². The summed E-state index contributed by atoms with van der Waals surface area (Å²) in [5.74, 6) is 1.77. The van der Waals surface area contributed by atoms with E-state index in [0.29, 0.717) is 0 Å². The van der Waals surface area contributed by atoms with Gasteiger partial charge in [0.05, 0.1) is 18.9 Å². The number of rotatable bonds is 5. The molecule has 1 aromatic heterocycles. The molecule has 0 bridgehead atoms. The van der Waals surface area contributed by atoms with Crippen LogP contribution in [0.4, 0.5) is 5.82 Å². The molecule has 144 valence electrons. The van der Waals surface area contributed by atoms with E-state index < -0.39 is 0 Å². The third-order valence-corrected chi connectivity index (χ3v) is 5.79. The molecule has 1 aliphatic heterocycles. The molecule has 0 saturated carbocycles. The molecular formula is C22H22ClN3OS. The molecule has 3 aromatic rings. The highest BCUT2D eigenvalue weighted by atomic mass is 35.5. The fourth-order valence-electron chi connectivity index (χ4n) is 3.11. The van der Waals surface area contributed by atoms with Crippen LogP contribution < -0.4 is 4.90 Å². The number of benzene rings is 2. The van der Waals surface area contributed by atoms with E-state index in [4.69, 9.17) is 26.3 Å². The van der Waals surface area contributed by atoms with Crippen molar-refractivity contribution in [3.63, 3.8) is 0 Å². The lowest BCUT2D eigenvalue weighted by atomic mass is 10.1. The van der Waals surface area contributed by atoms with Crippen molar-refractivity contribution in [2.24, 2.45) is 0 Å². The molecule has 1 saturated heterocycles. The van der Waals surface area contributed by atoms with Crippen LogP contribution in [0.3, 0.4) is 0 Å². The molecule has 0 spiro atoms. The van der Waals surface area contributed by atoms with Crippen LogP contribution in [0.25, 0.3) is 11.3 Å². The lowest BCUT2D eigenvalue weighted by molar-refractivity contribution is 0.122. The monoisotopic (exact) mass is 411 g/mol. The summed E-state index contributed by atoms with van der Waals surface area (Å²) < 4.78 is 5.50. The molecule has 4 rings (SSSR count). The van der Waals surface area contributed by atoms with Crippen LogP contribution in [0.1, 0.15) is 11.1 Å². The van der Waals surface area contributed by atoms with Gasteiger partial charge in [0, 0.05) is 35.5 Å². The number of hydrogen-bond donors (Lipinski definition) is 0. The number of morpholine rings is 1. The van der Waals surface area contributed by atoms with E-state index in [1.165, 1.54) is 11.1 Å². The Kier molecular flexibility index (Phi) is 6.15. The highest BCUT2D eigenvalue weighted by Crippen LogP contribution is 2.28. The summed E-state index contributed by atoms with van der Waals surface area (Å²) in [5, 5.41) is 1.54. The van der Waals surface area contributed by atoms with E-state index in [0.717, 1.165) is 59.3 Å². The maximum Gasteiger partial charge on any atom is 0.190 e. The van der Waals surface area contributed by atoms with Gasteiger partial charge < -0.3 is 9.64 Å². The molecule has 0 radical (unpaired) electrons. The summed E-state index contributed by atoms with van der Waals surface area (Å²) in [4.78, 5) is 11.9. The van der Waals surface area contributed by atoms with Crippen molar-refractivity contribution in [1.82, 2.24) is 9.97 Å². The van der Waals surface area contributed by atoms with Gasteiger partial charge in [0.15, 0.2) is 5.16 Å². The molecule has 4 nitrogen and oxygen atoms in total. The molecule has 2 heterocycles. The summed E-state index contributed by atoms with van der Waals surface area (Å²) in [6.07, 6.45) is 0. The van der Waals surface area contributed by atoms with Gasteiger partial charge >= 0.3 is 0 Å². The fourth-order valence-corrected chi connectivity index (χ4v) is 4.05. The van der Waals surface area contributed by atoms with Crippen LogP contribution in [-0.2, 0) is 10.5 Å². The number of aromatic nitrogens is 2. The van der Waals surface area contributed by atoms with Crippen LogP contribution >= 0.6 is 23.4 Å². The van der Waals surface area contributed by atoms with Crippen LogP contribution in [0.2, 0.25) is 5.02 Å². The van der Waals surface area contributed by atoms with Crippen molar-refractivity contribution in [3.8, 4) is 11.3 Å². The molecule has 0 N–H and O–H groups in total. The summed E-state index contributed by atoms with van der Waals surface area (Å²) in [7, 11) is 0. The lowest BCUT2D eigenvalue weighted by Crippen LogP contribution is -2.36. The Bertz CT molecular complexity index is 943. The molecule has 2 aromatic carbocycles. The van der Waals surface area contributed by atoms with E-state index in [-0.39, 0.29) is 0 Å². The standard InChI is InChI=1S/C22H22ClN3OS/c1-16-3-2-4-18(13-16)20-14-21(26-9-11-27-12-10-26)25-22(24-20)28-15-17-5-7-19(23)8-6-17/h2-8,13-14H,9-12,15H2,1H3. The van der Waals surface area contributed by atoms with Crippen molar-refractivity contribution >= 4 is 29.2 Å². The van der Waals surface area contributed by atoms with Crippen molar-refractivity contribution in [2.75, 3.05) is 31.2 Å². The Balaban J connectivity index is 1.63. The molecule has 6 heteroatoms. The average Bonchev–Trinajstić information content (AvgIpc) is 2.74. The largest absolute Gasteiger partial charge is 0.378 e. The van der Waals surface area contributed by atoms with E-state index in [1.807, 2.05) is 24.3 Å². The van der Waals surface area contributed by atoms with Gasteiger partial charge in [-0.1, -0.05) is 59.3 Å². The van der Waals surface area contributed by atoms with Gasteiger partial charge in [-0.3, -0.25) is 0 Å². The fraction of sp³-hybridized carbons (Fsp3) is 0.273. The minimum atomic E-state index is 0.733. The van der Waals surface area contributed by atoms with Crippen LogP contribution in [0.15, 0.2) is 59.8 Å². The van der Waals surface area contributed by atoms with Crippen molar-refractivity contribution in [2.45, 2.75) is 17.8 Å². The summed E-state index contributed by atoms with van der Waals surface area (Å²) in [5.41, 5.74) is 4.50. The van der Waals surface area contributed by atoms with E-state index in [9.17, 15) is 0 Å². The van der Waals surface area contributed by atoms with Gasteiger partial charge in [0.2, 0.25) is 0 Å². The zero-order valence-electron chi connectivity index (χ0n) is 15.8. The Labute approximate surface area is 174 Å². The van der Waals surface area contributed by atoms with Crippen LogP contribution in [-0.4, -0.2) is 36.3 Å². The number of thioether (sulfide) groups is 1. The second-order valence-electron chi connectivity index (χ2n) is 6.78. The molecule has 0 amide bonds. The number of aryl methyl sites for hydroxylation is 1. The van der Waals surface area contributed by atoms with Gasteiger partial charge in [0.25, 0.3) is 0 Å². The van der Waals surface area contributed by atoms with Crippen LogP contribution in [0, 0.1) is 6.92 Å². The topological polar surface area (TPSA) is 38.2 Å². The van der Waals surface area contributed by atoms with Crippen molar-refractivity contribution in [3.05, 3.63) is 70.7 Å². The van der Waals surface area contributed by atoms with Gasteiger partial charge in [-0.05, 0) is 30.7 Å². The summed E-state index contributed by atoms with van der Waals surface area (Å²) in [6.45, 7) is 5.27. The highest BCUT2D eigenvalue weighted by Gasteiger charge is 2.16. The Hall–Kier alpha value is -2.08. The molecule has 0 atom stereocenters. The predicted octanol–water partition coefficient (Wildman–Crippen LogP) is 5.23. The van der Waals surface area contributed by atoms with E-state index >= 15 is 0 Å². The van der Waals surface area contributed by atoms with Gasteiger partial charge in [-0.25, -0.2) is 9.97 Å². The molecule has 28 heavy (non-hydrogen) atoms. The van der Waals surface area contributed by atoms with Gasteiger partial charge in [-0.2, -0.15) is 0 Å². The zero-order valence-corrected chi connectivity index (χ0v) is 17.3. The molecular weight excluding hydrogens is 390 g/mol. The summed E-state index contributed by atoms with van der Waals surface area (Å²) in [6, 6.07) is 18.5. The minimum Gasteiger partial charge on any atom is -0.378 e. The SMILES string of the molecule is Cc1cccc(-c2cc(N3CCOCC3)nc(SCc3ccc(Cl)cc3)n2)c1. The average molecular weight is 412 g/mol. The third kappa shape index (κ3) is 4.85. The first kappa shape index (κ1) is 19.2. The number of hydrogen-bond acceptors (Lipinski definition) is 5. The summed E-state index contributed by atoms with van der Waals surface area (Å²) >= 11 is 7.64. The van der Waals surface area contributed by atoms with Gasteiger partial charge in [-0.15, -0.1) is 0 Å². The third-order valence-electron chi connectivity index (χ3n) is 4.62. The Morgan fingerprint density at radius 1 is 1.04 bits per heavy atom. The van der Waals surface area contributed by atoms with E-state index in [2.05, 4.69) is 42.2 Å². The minimum absolute atomic E-state index is 0.733. The molecule has 0 unspecified atom stereocenters. The van der Waals surface area contributed by atoms with E-state index in [1.54, 1.807) is 11.8 Å². The maximum absolute atomic E-state index is 5.99. The number of halogens is 1. The van der Waals surface area contributed by atoms with Crippen molar-refractivity contribution < 1.29 is 4.74 Å². The first-order valence-electron chi connectivity index (χ1n) is 9.33. The Morgan fingerprint density at radius 3 is 2.57 bits per heavy atom. The maximum atomic E-state index is 5.99. The smallest absolute Gasteiger partial charge is 0.190 e. The predicted molar refractivity (Wildman–Crippen MR) is 116 cm³/mol. The molecule has 0 aliphatic carbocycles. The van der Waals surface area contributed by atoms with Gasteiger partial charge in [0.1, 0.15) is 5.82 Å². The number of anilines is 1. The Morgan fingerprint density at radius 2 is 1.82 bits per heavy atom. The first-order valence-corrected chi connectivity index (χ1v) is 10.7. The quantitative estimate of drug-likeness (QED) is 0.424. The number of nitrogens with zero attached hydrogens (tertiary/aromatic N) is 3. The number of ether oxygens (including phenoxy) is 1. The molecule has 1 aliphatic rings. The normalized spacial score (nSPS) is 14.3. The second kappa shape index (κ2) is 8.95. The highest BCUT2D eigenvalue weighted by molar-refractivity contribution is 7.98.